The number of anilines is 2. The standard InChI is InChI=1S/C20H15ClF2N4O5S/c21-15-6-2-3-7-16(15)26-33(30,31)19-11-14(27(28)29)9-10-17(19)25-24-12-13-5-1-4-8-18(13)32-20(22)23/h1-12,20,25-26H. The summed E-state index contributed by atoms with van der Waals surface area (Å²) < 4.78 is 57.7. The van der Waals surface area contributed by atoms with Crippen LogP contribution >= 0.6 is 11.6 Å². The number of nitro benzene ring substituents is 1. The van der Waals surface area contributed by atoms with Gasteiger partial charge in [0.1, 0.15) is 10.6 Å². The highest BCUT2D eigenvalue weighted by Crippen LogP contribution is 2.30. The summed E-state index contributed by atoms with van der Waals surface area (Å²) in [6, 6.07) is 14.9. The summed E-state index contributed by atoms with van der Waals surface area (Å²) in [5, 5.41) is 15.2. The van der Waals surface area contributed by atoms with Gasteiger partial charge in [-0.1, -0.05) is 35.9 Å². The number of hydrogen-bond acceptors (Lipinski definition) is 7. The summed E-state index contributed by atoms with van der Waals surface area (Å²) in [5.41, 5.74) is 2.14. The quantitative estimate of drug-likeness (QED) is 0.241. The van der Waals surface area contributed by atoms with Gasteiger partial charge in [0.25, 0.3) is 15.7 Å². The number of nitrogens with one attached hydrogen (secondary N) is 2. The van der Waals surface area contributed by atoms with E-state index in [0.29, 0.717) is 0 Å². The van der Waals surface area contributed by atoms with Gasteiger partial charge in [0.2, 0.25) is 0 Å². The molecule has 0 bridgehead atoms. The van der Waals surface area contributed by atoms with E-state index < -0.39 is 32.1 Å². The van der Waals surface area contributed by atoms with Gasteiger partial charge >= 0.3 is 6.61 Å². The van der Waals surface area contributed by atoms with Crippen LogP contribution in [0.2, 0.25) is 5.02 Å². The first-order chi connectivity index (χ1) is 15.7. The molecule has 0 unspecified atom stereocenters. The van der Waals surface area contributed by atoms with E-state index in [2.05, 4.69) is 20.0 Å². The number of para-hydroxylation sites is 2. The van der Waals surface area contributed by atoms with E-state index in [-0.39, 0.29) is 27.7 Å². The fraction of sp³-hybridized carbons (Fsp3) is 0.0500. The zero-order chi connectivity index (χ0) is 24.0. The maximum absolute atomic E-state index is 13.0. The molecule has 33 heavy (non-hydrogen) atoms. The lowest BCUT2D eigenvalue weighted by Gasteiger charge is -2.13. The molecule has 9 nitrogen and oxygen atoms in total. The Morgan fingerprint density at radius 2 is 1.76 bits per heavy atom. The third kappa shape index (κ3) is 6.14. The van der Waals surface area contributed by atoms with E-state index in [1.165, 1.54) is 30.3 Å². The Kier molecular flexibility index (Phi) is 7.41. The molecule has 13 heteroatoms. The Morgan fingerprint density at radius 1 is 1.06 bits per heavy atom. The molecule has 0 fully saturated rings. The molecule has 0 heterocycles. The van der Waals surface area contributed by atoms with Crippen LogP contribution in [0.4, 0.5) is 25.8 Å². The Morgan fingerprint density at radius 3 is 2.45 bits per heavy atom. The van der Waals surface area contributed by atoms with Crippen molar-refractivity contribution in [3.05, 3.63) is 87.4 Å². The topological polar surface area (TPSA) is 123 Å². The highest BCUT2D eigenvalue weighted by Gasteiger charge is 2.23. The van der Waals surface area contributed by atoms with Crippen LogP contribution in [0.25, 0.3) is 0 Å². The number of nitrogens with zero attached hydrogens (tertiary/aromatic N) is 2. The predicted molar refractivity (Wildman–Crippen MR) is 120 cm³/mol. The van der Waals surface area contributed by atoms with Crippen molar-refractivity contribution in [2.75, 3.05) is 10.1 Å². The molecule has 0 atom stereocenters. The maximum Gasteiger partial charge on any atom is 0.387 e. The van der Waals surface area contributed by atoms with Crippen molar-refractivity contribution >= 4 is 44.9 Å². The van der Waals surface area contributed by atoms with Crippen LogP contribution in [0.1, 0.15) is 5.56 Å². The molecular formula is C20H15ClF2N4O5S. The SMILES string of the molecule is O=[N+]([O-])c1ccc(NN=Cc2ccccc2OC(F)F)c(S(=O)(=O)Nc2ccccc2Cl)c1. The number of benzene rings is 3. The third-order valence-corrected chi connectivity index (χ3v) is 5.84. The largest absolute Gasteiger partial charge is 0.434 e. The average molecular weight is 497 g/mol. The van der Waals surface area contributed by atoms with Gasteiger partial charge in [-0.2, -0.15) is 13.9 Å². The lowest BCUT2D eigenvalue weighted by Crippen LogP contribution is -2.15. The van der Waals surface area contributed by atoms with Crippen molar-refractivity contribution in [3.63, 3.8) is 0 Å². The van der Waals surface area contributed by atoms with Crippen LogP contribution in [0, 0.1) is 10.1 Å². The molecule has 172 valence electrons. The van der Waals surface area contributed by atoms with Crippen molar-refractivity contribution in [1.82, 2.24) is 0 Å². The molecule has 0 saturated carbocycles. The molecule has 0 aliphatic carbocycles. The van der Waals surface area contributed by atoms with Gasteiger partial charge in [-0.05, 0) is 30.3 Å². The van der Waals surface area contributed by atoms with E-state index in [1.54, 1.807) is 18.2 Å². The summed E-state index contributed by atoms with van der Waals surface area (Å²) in [7, 11) is -4.34. The number of halogens is 3. The highest BCUT2D eigenvalue weighted by atomic mass is 35.5. The number of hydrazone groups is 1. The minimum atomic E-state index is -4.34. The van der Waals surface area contributed by atoms with E-state index in [0.717, 1.165) is 24.4 Å². The Hall–Kier alpha value is -3.77. The number of non-ortho nitro benzene ring substituents is 1. The maximum atomic E-state index is 13.0. The average Bonchev–Trinajstić information content (AvgIpc) is 2.76. The van der Waals surface area contributed by atoms with E-state index in [9.17, 15) is 27.3 Å². The minimum absolute atomic E-state index is 0.0678. The molecular weight excluding hydrogens is 482 g/mol. The molecule has 0 aliphatic rings. The molecule has 3 rings (SSSR count). The van der Waals surface area contributed by atoms with Crippen LogP contribution in [-0.2, 0) is 10.0 Å². The zero-order valence-electron chi connectivity index (χ0n) is 16.5. The fourth-order valence-electron chi connectivity index (χ4n) is 2.64. The van der Waals surface area contributed by atoms with E-state index in [1.807, 2.05) is 0 Å². The number of sulfonamides is 1. The van der Waals surface area contributed by atoms with Gasteiger partial charge < -0.3 is 4.74 Å². The molecule has 2 N–H and O–H groups in total. The van der Waals surface area contributed by atoms with Crippen LogP contribution in [0.15, 0.2) is 76.7 Å². The van der Waals surface area contributed by atoms with Crippen LogP contribution in [0.5, 0.6) is 5.75 Å². The van der Waals surface area contributed by atoms with Gasteiger partial charge in [0.05, 0.1) is 27.5 Å². The monoisotopic (exact) mass is 496 g/mol. The Labute approximate surface area is 191 Å². The minimum Gasteiger partial charge on any atom is -0.434 e. The lowest BCUT2D eigenvalue weighted by atomic mass is 10.2. The van der Waals surface area contributed by atoms with Gasteiger partial charge in [-0.15, -0.1) is 0 Å². The van der Waals surface area contributed by atoms with Crippen LogP contribution in [0.3, 0.4) is 0 Å². The van der Waals surface area contributed by atoms with Gasteiger partial charge in [0, 0.05) is 17.7 Å². The molecule has 0 radical (unpaired) electrons. The number of alkyl halides is 2. The summed E-state index contributed by atoms with van der Waals surface area (Å²) in [4.78, 5) is 9.94. The molecule has 0 spiro atoms. The molecule has 3 aromatic carbocycles. The van der Waals surface area contributed by atoms with Crippen molar-refractivity contribution in [3.8, 4) is 5.75 Å². The predicted octanol–water partition coefficient (Wildman–Crippen LogP) is 5.10. The van der Waals surface area contributed by atoms with Crippen molar-refractivity contribution in [1.29, 1.82) is 0 Å². The molecule has 0 amide bonds. The number of hydrogen-bond donors (Lipinski definition) is 2. The van der Waals surface area contributed by atoms with Crippen molar-refractivity contribution in [2.45, 2.75) is 11.5 Å². The molecule has 0 aromatic heterocycles. The smallest absolute Gasteiger partial charge is 0.387 e. The van der Waals surface area contributed by atoms with Gasteiger partial charge in [0.15, 0.2) is 0 Å². The summed E-state index contributed by atoms with van der Waals surface area (Å²) in [6.45, 7) is -3.05. The number of rotatable bonds is 9. The van der Waals surface area contributed by atoms with Crippen LogP contribution < -0.4 is 14.9 Å². The Balaban J connectivity index is 1.94. The Bertz CT molecular complexity index is 1310. The number of nitro groups is 1. The molecule has 0 aliphatic heterocycles. The van der Waals surface area contributed by atoms with Crippen molar-refractivity contribution in [2.24, 2.45) is 5.10 Å². The first-order valence-electron chi connectivity index (χ1n) is 9.06. The first-order valence-corrected chi connectivity index (χ1v) is 10.9. The zero-order valence-corrected chi connectivity index (χ0v) is 18.1. The van der Waals surface area contributed by atoms with E-state index >= 15 is 0 Å². The van der Waals surface area contributed by atoms with Crippen LogP contribution in [-0.4, -0.2) is 26.2 Å². The highest BCUT2D eigenvalue weighted by molar-refractivity contribution is 7.93. The summed E-state index contributed by atoms with van der Waals surface area (Å²) in [5.74, 6) is -0.144. The second-order valence-electron chi connectivity index (χ2n) is 6.31. The molecule has 0 saturated heterocycles. The van der Waals surface area contributed by atoms with Gasteiger partial charge in [-0.25, -0.2) is 8.42 Å². The fourth-order valence-corrected chi connectivity index (χ4v) is 4.14. The summed E-state index contributed by atoms with van der Waals surface area (Å²) in [6.07, 6.45) is 1.14. The second kappa shape index (κ2) is 10.2. The van der Waals surface area contributed by atoms with E-state index in [4.69, 9.17) is 11.6 Å². The lowest BCUT2D eigenvalue weighted by molar-refractivity contribution is -0.385. The first kappa shape index (κ1) is 23.9. The number of ether oxygens (including phenoxy) is 1. The normalized spacial score (nSPS) is 11.5. The molecule has 3 aromatic rings. The second-order valence-corrected chi connectivity index (χ2v) is 8.37. The third-order valence-electron chi connectivity index (χ3n) is 4.11. The van der Waals surface area contributed by atoms with Crippen molar-refractivity contribution < 1.29 is 26.9 Å². The van der Waals surface area contributed by atoms with Gasteiger partial charge in [-0.3, -0.25) is 20.3 Å². The summed E-state index contributed by atoms with van der Waals surface area (Å²) >= 11 is 6.00.